The minimum absolute atomic E-state index is 0.432. The third-order valence-electron chi connectivity index (χ3n) is 8.21. The van der Waals surface area contributed by atoms with Gasteiger partial charge in [0.05, 0.1) is 11.4 Å². The van der Waals surface area contributed by atoms with E-state index in [1.54, 1.807) is 0 Å². The van der Waals surface area contributed by atoms with E-state index in [-0.39, 0.29) is 0 Å². The average molecular weight is 526 g/mol. The standard InChI is InChI=1S/C34H40ClN3/c1-5-25-16-13-17-26(6-2)32(25)34-36-33(29-20-19-28(35)22-24(29)4)31(38(34)7-3)23-37-21-12-11-18-30(37)27-14-9-8-10-15-27/h8-10,13-17,19-20,22,30H,5-7,11-12,18,21,23H2,1-4H3. The molecule has 0 radical (unpaired) electrons. The fourth-order valence-electron chi connectivity index (χ4n) is 6.24. The van der Waals surface area contributed by atoms with Crippen molar-refractivity contribution >= 4 is 11.6 Å². The fraction of sp³-hybridized carbons (Fsp3) is 0.382. The number of nitrogens with zero attached hydrogens (tertiary/aromatic N) is 3. The smallest absolute Gasteiger partial charge is 0.141 e. The quantitative estimate of drug-likeness (QED) is 0.229. The summed E-state index contributed by atoms with van der Waals surface area (Å²) in [5.74, 6) is 1.11. The highest BCUT2D eigenvalue weighted by atomic mass is 35.5. The summed E-state index contributed by atoms with van der Waals surface area (Å²) in [7, 11) is 0. The van der Waals surface area contributed by atoms with Gasteiger partial charge in [0.15, 0.2) is 0 Å². The lowest BCUT2D eigenvalue weighted by Gasteiger charge is -2.36. The molecule has 4 aromatic rings. The van der Waals surface area contributed by atoms with E-state index in [2.05, 4.69) is 97.8 Å². The van der Waals surface area contributed by atoms with Gasteiger partial charge in [-0.05, 0) is 80.5 Å². The monoisotopic (exact) mass is 525 g/mol. The van der Waals surface area contributed by atoms with Crippen LogP contribution < -0.4 is 0 Å². The molecule has 1 saturated heterocycles. The van der Waals surface area contributed by atoms with Crippen molar-refractivity contribution in [3.63, 3.8) is 0 Å². The van der Waals surface area contributed by atoms with Crippen LogP contribution in [0.25, 0.3) is 22.6 Å². The van der Waals surface area contributed by atoms with Crippen molar-refractivity contribution in [3.05, 3.63) is 99.7 Å². The summed E-state index contributed by atoms with van der Waals surface area (Å²) in [6.45, 7) is 11.8. The van der Waals surface area contributed by atoms with E-state index in [0.717, 1.165) is 49.0 Å². The lowest BCUT2D eigenvalue weighted by molar-refractivity contribution is 0.137. The molecule has 3 aromatic carbocycles. The lowest BCUT2D eigenvalue weighted by atomic mass is 9.94. The molecule has 5 rings (SSSR count). The van der Waals surface area contributed by atoms with Crippen molar-refractivity contribution in [2.45, 2.75) is 78.9 Å². The van der Waals surface area contributed by atoms with E-state index in [9.17, 15) is 0 Å². The molecule has 38 heavy (non-hydrogen) atoms. The molecule has 0 aliphatic carbocycles. The number of piperidine rings is 1. The number of hydrogen-bond donors (Lipinski definition) is 0. The summed E-state index contributed by atoms with van der Waals surface area (Å²) >= 11 is 6.39. The zero-order valence-electron chi connectivity index (χ0n) is 23.3. The second-order valence-corrected chi connectivity index (χ2v) is 10.9. The molecule has 0 amide bonds. The molecule has 1 aliphatic rings. The highest BCUT2D eigenvalue weighted by molar-refractivity contribution is 6.30. The molecule has 1 unspecified atom stereocenters. The molecule has 1 aromatic heterocycles. The first-order valence-electron chi connectivity index (χ1n) is 14.3. The van der Waals surface area contributed by atoms with Crippen molar-refractivity contribution in [1.29, 1.82) is 0 Å². The van der Waals surface area contributed by atoms with Crippen LogP contribution >= 0.6 is 11.6 Å². The Bertz CT molecular complexity index is 1370. The molecular weight excluding hydrogens is 486 g/mol. The molecule has 198 valence electrons. The van der Waals surface area contributed by atoms with E-state index >= 15 is 0 Å². The number of likely N-dealkylation sites (tertiary alicyclic amines) is 1. The van der Waals surface area contributed by atoms with Gasteiger partial charge in [0.2, 0.25) is 0 Å². The zero-order valence-corrected chi connectivity index (χ0v) is 24.1. The minimum atomic E-state index is 0.432. The van der Waals surface area contributed by atoms with Crippen molar-refractivity contribution in [2.75, 3.05) is 6.54 Å². The molecule has 3 nitrogen and oxygen atoms in total. The Kier molecular flexibility index (Phi) is 8.35. The van der Waals surface area contributed by atoms with Crippen LogP contribution in [0.2, 0.25) is 5.02 Å². The first-order valence-corrected chi connectivity index (χ1v) is 14.7. The molecular formula is C34H40ClN3. The van der Waals surface area contributed by atoms with Gasteiger partial charge in [-0.25, -0.2) is 4.98 Å². The topological polar surface area (TPSA) is 21.1 Å². The van der Waals surface area contributed by atoms with Gasteiger partial charge in [0.25, 0.3) is 0 Å². The number of imidazole rings is 1. The van der Waals surface area contributed by atoms with Gasteiger partial charge >= 0.3 is 0 Å². The van der Waals surface area contributed by atoms with E-state index < -0.39 is 0 Å². The molecule has 0 bridgehead atoms. The summed E-state index contributed by atoms with van der Waals surface area (Å²) < 4.78 is 2.49. The van der Waals surface area contributed by atoms with Crippen LogP contribution in [-0.4, -0.2) is 21.0 Å². The number of aromatic nitrogens is 2. The maximum absolute atomic E-state index is 6.39. The highest BCUT2D eigenvalue weighted by Gasteiger charge is 2.29. The summed E-state index contributed by atoms with van der Waals surface area (Å²) in [6, 6.07) is 24.4. The van der Waals surface area contributed by atoms with Crippen molar-refractivity contribution in [2.24, 2.45) is 0 Å². The normalized spacial score (nSPS) is 16.2. The summed E-state index contributed by atoms with van der Waals surface area (Å²) in [6.07, 6.45) is 5.70. The lowest BCUT2D eigenvalue weighted by Crippen LogP contribution is -2.33. The van der Waals surface area contributed by atoms with Crippen LogP contribution in [0.4, 0.5) is 0 Å². The summed E-state index contributed by atoms with van der Waals surface area (Å²) in [5, 5.41) is 0.771. The molecule has 2 heterocycles. The molecule has 4 heteroatoms. The van der Waals surface area contributed by atoms with Gasteiger partial charge in [-0.15, -0.1) is 0 Å². The Morgan fingerprint density at radius 2 is 1.63 bits per heavy atom. The van der Waals surface area contributed by atoms with Crippen LogP contribution in [0, 0.1) is 6.92 Å². The van der Waals surface area contributed by atoms with Gasteiger partial charge in [-0.1, -0.05) is 86.5 Å². The third kappa shape index (κ3) is 5.19. The zero-order chi connectivity index (χ0) is 26.6. The molecule has 0 spiro atoms. The Balaban J connectivity index is 1.70. The molecule has 0 saturated carbocycles. The predicted molar refractivity (Wildman–Crippen MR) is 161 cm³/mol. The van der Waals surface area contributed by atoms with E-state index in [0.29, 0.717) is 6.04 Å². The average Bonchev–Trinajstić information content (AvgIpc) is 3.30. The Hall–Kier alpha value is -2.88. The minimum Gasteiger partial charge on any atom is -0.327 e. The van der Waals surface area contributed by atoms with E-state index in [4.69, 9.17) is 16.6 Å². The largest absolute Gasteiger partial charge is 0.327 e. The van der Waals surface area contributed by atoms with Crippen LogP contribution in [0.3, 0.4) is 0 Å². The summed E-state index contributed by atoms with van der Waals surface area (Å²) in [5.41, 5.74) is 10.2. The number of hydrogen-bond acceptors (Lipinski definition) is 2. The number of halogens is 1. The Morgan fingerprint density at radius 3 is 2.29 bits per heavy atom. The van der Waals surface area contributed by atoms with E-state index in [1.165, 1.54) is 58.3 Å². The number of aryl methyl sites for hydroxylation is 3. The molecule has 1 atom stereocenters. The van der Waals surface area contributed by atoms with Crippen LogP contribution in [-0.2, 0) is 25.9 Å². The fourth-order valence-corrected chi connectivity index (χ4v) is 6.47. The van der Waals surface area contributed by atoms with Crippen molar-refractivity contribution in [1.82, 2.24) is 14.5 Å². The first kappa shape index (κ1) is 26.7. The van der Waals surface area contributed by atoms with Gasteiger partial charge in [0, 0.05) is 35.3 Å². The Morgan fingerprint density at radius 1 is 0.895 bits per heavy atom. The summed E-state index contributed by atoms with van der Waals surface area (Å²) in [4.78, 5) is 8.17. The van der Waals surface area contributed by atoms with Crippen molar-refractivity contribution in [3.8, 4) is 22.6 Å². The predicted octanol–water partition coefficient (Wildman–Crippen LogP) is 9.05. The van der Waals surface area contributed by atoms with E-state index in [1.807, 2.05) is 6.07 Å². The molecule has 1 fully saturated rings. The second-order valence-electron chi connectivity index (χ2n) is 10.5. The van der Waals surface area contributed by atoms with Gasteiger partial charge in [0.1, 0.15) is 5.82 Å². The SMILES string of the molecule is CCc1cccc(CC)c1-c1nc(-c2ccc(Cl)cc2C)c(CN2CCCCC2c2ccccc2)n1CC. The third-order valence-corrected chi connectivity index (χ3v) is 8.44. The van der Waals surface area contributed by atoms with Crippen LogP contribution in [0.15, 0.2) is 66.7 Å². The highest BCUT2D eigenvalue weighted by Crippen LogP contribution is 2.38. The van der Waals surface area contributed by atoms with Gasteiger partial charge in [-0.3, -0.25) is 4.90 Å². The maximum atomic E-state index is 6.39. The number of rotatable bonds is 8. The Labute approximate surface area is 233 Å². The molecule has 0 N–H and O–H groups in total. The number of benzene rings is 3. The van der Waals surface area contributed by atoms with Gasteiger partial charge < -0.3 is 4.57 Å². The van der Waals surface area contributed by atoms with Gasteiger partial charge in [-0.2, -0.15) is 0 Å². The molecule has 1 aliphatic heterocycles. The second kappa shape index (κ2) is 11.9. The van der Waals surface area contributed by atoms with Crippen LogP contribution in [0.5, 0.6) is 0 Å². The maximum Gasteiger partial charge on any atom is 0.141 e. The first-order chi connectivity index (χ1) is 18.5. The van der Waals surface area contributed by atoms with Crippen molar-refractivity contribution < 1.29 is 0 Å². The van der Waals surface area contributed by atoms with Crippen LogP contribution in [0.1, 0.15) is 74.0 Å².